The second kappa shape index (κ2) is 4.43. The average molecular weight is 188 g/mol. The van der Waals surface area contributed by atoms with Crippen LogP contribution in [-0.4, -0.2) is 47.9 Å². The van der Waals surface area contributed by atoms with Crippen LogP contribution in [0.2, 0.25) is 0 Å². The highest BCUT2D eigenvalue weighted by Gasteiger charge is 2.32. The summed E-state index contributed by atoms with van der Waals surface area (Å²) in [6.07, 6.45) is 0.0982. The number of primary amides is 1. The van der Waals surface area contributed by atoms with Gasteiger partial charge in [0.15, 0.2) is 0 Å². The second-order valence-electron chi connectivity index (χ2n) is 3.19. The highest BCUT2D eigenvalue weighted by molar-refractivity contribution is 5.72. The van der Waals surface area contributed by atoms with E-state index >= 15 is 0 Å². The molecule has 1 heterocycles. The monoisotopic (exact) mass is 188 g/mol. The third-order valence-corrected chi connectivity index (χ3v) is 2.19. The maximum atomic E-state index is 10.9. The largest absolute Gasteiger partial charge is 0.391 e. The summed E-state index contributed by atoms with van der Waals surface area (Å²) in [4.78, 5) is 12.4. The summed E-state index contributed by atoms with van der Waals surface area (Å²) >= 11 is 0. The van der Waals surface area contributed by atoms with Gasteiger partial charge in [-0.15, -0.1) is 0 Å². The van der Waals surface area contributed by atoms with Crippen molar-refractivity contribution in [2.24, 2.45) is 5.73 Å². The van der Waals surface area contributed by atoms with Crippen molar-refractivity contribution in [2.45, 2.75) is 25.5 Å². The topological polar surface area (TPSA) is 75.8 Å². The van der Waals surface area contributed by atoms with Gasteiger partial charge in [0.05, 0.1) is 18.8 Å². The number of nitrogens with zero attached hydrogens (tertiary/aromatic N) is 1. The molecule has 1 unspecified atom stereocenters. The zero-order valence-electron chi connectivity index (χ0n) is 7.77. The fourth-order valence-electron chi connectivity index (χ4n) is 1.57. The Morgan fingerprint density at radius 2 is 2.46 bits per heavy atom. The molecule has 0 radical (unpaired) electrons. The standard InChI is InChI=1S/C8H16N2O3/c1-2-13-5-6-3-7(11)4-10(6)8(9)12/h6-7,11H,2-5H2,1H3,(H2,9,12)/t6-,7?/m0/s1. The van der Waals surface area contributed by atoms with E-state index in [1.54, 1.807) is 0 Å². The van der Waals surface area contributed by atoms with Crippen LogP contribution in [0.15, 0.2) is 0 Å². The summed E-state index contributed by atoms with van der Waals surface area (Å²) in [7, 11) is 0. The van der Waals surface area contributed by atoms with Gasteiger partial charge in [-0.1, -0.05) is 0 Å². The summed E-state index contributed by atoms with van der Waals surface area (Å²) in [6, 6.07) is -0.547. The molecule has 0 aromatic heterocycles. The molecule has 1 aliphatic heterocycles. The average Bonchev–Trinajstić information content (AvgIpc) is 2.43. The van der Waals surface area contributed by atoms with Crippen molar-refractivity contribution >= 4 is 6.03 Å². The van der Waals surface area contributed by atoms with Gasteiger partial charge < -0.3 is 20.5 Å². The Balaban J connectivity index is 2.45. The number of carbonyl (C=O) groups is 1. The van der Waals surface area contributed by atoms with E-state index in [0.29, 0.717) is 26.2 Å². The number of amides is 2. The molecule has 0 aromatic rings. The maximum absolute atomic E-state index is 10.9. The van der Waals surface area contributed by atoms with Crippen LogP contribution in [0.4, 0.5) is 4.79 Å². The number of hydrogen-bond acceptors (Lipinski definition) is 3. The Labute approximate surface area is 77.5 Å². The number of urea groups is 1. The third-order valence-electron chi connectivity index (χ3n) is 2.19. The molecule has 0 saturated carbocycles. The van der Waals surface area contributed by atoms with Crippen molar-refractivity contribution in [2.75, 3.05) is 19.8 Å². The first-order valence-electron chi connectivity index (χ1n) is 4.47. The van der Waals surface area contributed by atoms with Gasteiger partial charge in [0.25, 0.3) is 0 Å². The summed E-state index contributed by atoms with van der Waals surface area (Å²) in [6.45, 7) is 3.28. The first-order valence-corrected chi connectivity index (χ1v) is 4.47. The van der Waals surface area contributed by atoms with Gasteiger partial charge in [0.1, 0.15) is 0 Å². The quantitative estimate of drug-likeness (QED) is 0.629. The molecule has 0 bridgehead atoms. The minimum atomic E-state index is -0.485. The second-order valence-corrected chi connectivity index (χ2v) is 3.19. The minimum absolute atomic E-state index is 0.0625. The Kier molecular flexibility index (Phi) is 3.50. The summed E-state index contributed by atoms with van der Waals surface area (Å²) < 4.78 is 5.19. The minimum Gasteiger partial charge on any atom is -0.391 e. The van der Waals surface area contributed by atoms with E-state index in [9.17, 15) is 9.90 Å². The van der Waals surface area contributed by atoms with Crippen molar-refractivity contribution in [3.8, 4) is 0 Å². The molecule has 0 aromatic carbocycles. The highest BCUT2D eigenvalue weighted by Crippen LogP contribution is 2.17. The first-order chi connectivity index (χ1) is 6.15. The molecule has 1 aliphatic rings. The number of aliphatic hydroxyl groups is 1. The number of hydrogen-bond donors (Lipinski definition) is 2. The number of likely N-dealkylation sites (tertiary alicyclic amines) is 1. The van der Waals surface area contributed by atoms with Gasteiger partial charge in [-0.3, -0.25) is 0 Å². The lowest BCUT2D eigenvalue weighted by Gasteiger charge is -2.21. The number of rotatable bonds is 3. The van der Waals surface area contributed by atoms with Crippen LogP contribution in [0.1, 0.15) is 13.3 Å². The van der Waals surface area contributed by atoms with Crippen LogP contribution < -0.4 is 5.73 Å². The molecule has 2 atom stereocenters. The van der Waals surface area contributed by atoms with Crippen molar-refractivity contribution in [3.63, 3.8) is 0 Å². The maximum Gasteiger partial charge on any atom is 0.315 e. The Morgan fingerprint density at radius 1 is 1.77 bits per heavy atom. The van der Waals surface area contributed by atoms with Crippen LogP contribution in [0.25, 0.3) is 0 Å². The van der Waals surface area contributed by atoms with Crippen molar-refractivity contribution in [1.82, 2.24) is 4.90 Å². The van der Waals surface area contributed by atoms with Gasteiger partial charge in [0, 0.05) is 13.2 Å². The number of ether oxygens (including phenoxy) is 1. The molecule has 76 valence electrons. The van der Waals surface area contributed by atoms with Crippen LogP contribution in [0.3, 0.4) is 0 Å². The highest BCUT2D eigenvalue weighted by atomic mass is 16.5. The fourth-order valence-corrected chi connectivity index (χ4v) is 1.57. The first kappa shape index (κ1) is 10.3. The van der Waals surface area contributed by atoms with E-state index in [1.807, 2.05) is 6.92 Å². The van der Waals surface area contributed by atoms with Crippen LogP contribution in [0.5, 0.6) is 0 Å². The predicted molar refractivity (Wildman–Crippen MR) is 47.2 cm³/mol. The summed E-state index contributed by atoms with van der Waals surface area (Å²) in [5.74, 6) is 0. The predicted octanol–water partition coefficient (Wildman–Crippen LogP) is -0.463. The fraction of sp³-hybridized carbons (Fsp3) is 0.875. The number of carbonyl (C=O) groups excluding carboxylic acids is 1. The van der Waals surface area contributed by atoms with Gasteiger partial charge >= 0.3 is 6.03 Å². The zero-order chi connectivity index (χ0) is 9.84. The molecule has 5 nitrogen and oxygen atoms in total. The Morgan fingerprint density at radius 3 is 3.00 bits per heavy atom. The van der Waals surface area contributed by atoms with E-state index in [4.69, 9.17) is 10.5 Å². The lowest BCUT2D eigenvalue weighted by molar-refractivity contribution is 0.0957. The van der Waals surface area contributed by atoms with Gasteiger partial charge in [-0.05, 0) is 13.3 Å². The number of nitrogens with two attached hydrogens (primary N) is 1. The molecular formula is C8H16N2O3. The van der Waals surface area contributed by atoms with E-state index < -0.39 is 12.1 Å². The molecule has 1 fully saturated rings. The molecule has 2 amide bonds. The van der Waals surface area contributed by atoms with E-state index in [2.05, 4.69) is 0 Å². The number of β-amino-alcohol motifs (C(OH)–C–C–N with tert-alkyl or cyclic N) is 1. The Hall–Kier alpha value is -0.810. The SMILES string of the molecule is CCOC[C@@H]1CC(O)CN1C(N)=O. The smallest absolute Gasteiger partial charge is 0.315 e. The van der Waals surface area contributed by atoms with Crippen LogP contribution in [0, 0.1) is 0 Å². The number of aliphatic hydroxyl groups excluding tert-OH is 1. The van der Waals surface area contributed by atoms with Crippen LogP contribution >= 0.6 is 0 Å². The van der Waals surface area contributed by atoms with Crippen molar-refractivity contribution in [1.29, 1.82) is 0 Å². The molecule has 0 aliphatic carbocycles. The molecule has 0 spiro atoms. The van der Waals surface area contributed by atoms with Gasteiger partial charge in [0.2, 0.25) is 0 Å². The van der Waals surface area contributed by atoms with E-state index in [0.717, 1.165) is 0 Å². The molecule has 1 rings (SSSR count). The third kappa shape index (κ3) is 2.57. The van der Waals surface area contributed by atoms with Crippen molar-refractivity contribution in [3.05, 3.63) is 0 Å². The van der Waals surface area contributed by atoms with Crippen LogP contribution in [-0.2, 0) is 4.74 Å². The lowest BCUT2D eigenvalue weighted by Crippen LogP contribution is -2.41. The Bertz CT molecular complexity index is 186. The zero-order valence-corrected chi connectivity index (χ0v) is 7.77. The lowest BCUT2D eigenvalue weighted by atomic mass is 10.2. The molecule has 1 saturated heterocycles. The van der Waals surface area contributed by atoms with E-state index in [1.165, 1.54) is 4.90 Å². The molecule has 5 heteroatoms. The van der Waals surface area contributed by atoms with Gasteiger partial charge in [-0.25, -0.2) is 4.79 Å². The van der Waals surface area contributed by atoms with Crippen molar-refractivity contribution < 1.29 is 14.6 Å². The normalized spacial score (nSPS) is 28.0. The summed E-state index contributed by atoms with van der Waals surface area (Å²) in [5.41, 5.74) is 5.14. The molecule has 3 N–H and O–H groups in total. The molecular weight excluding hydrogens is 172 g/mol. The van der Waals surface area contributed by atoms with E-state index in [-0.39, 0.29) is 6.04 Å². The summed E-state index contributed by atoms with van der Waals surface area (Å²) in [5, 5.41) is 9.31. The molecule has 13 heavy (non-hydrogen) atoms. The van der Waals surface area contributed by atoms with Gasteiger partial charge in [-0.2, -0.15) is 0 Å².